The summed E-state index contributed by atoms with van der Waals surface area (Å²) in [5.74, 6) is -0.876. The molecule has 3 aliphatic carbocycles. The summed E-state index contributed by atoms with van der Waals surface area (Å²) in [6.07, 6.45) is 11.6. The molecule has 274 valence electrons. The quantitative estimate of drug-likeness (QED) is 0.308. The molecule has 1 amide bonds. The molecule has 2 saturated heterocycles. The molecule has 14 atom stereocenters. The van der Waals surface area contributed by atoms with Gasteiger partial charge in [0.05, 0.1) is 18.6 Å². The van der Waals surface area contributed by atoms with Gasteiger partial charge in [-0.2, -0.15) is 0 Å². The smallest absolute Gasteiger partial charge is 0.306 e. The Morgan fingerprint density at radius 3 is 2.48 bits per heavy atom. The molecule has 2 unspecified atom stereocenters. The second kappa shape index (κ2) is 16.1. The van der Waals surface area contributed by atoms with Gasteiger partial charge in [-0.3, -0.25) is 14.4 Å². The predicted octanol–water partition coefficient (Wildman–Crippen LogP) is 4.24. The topological polar surface area (TPSA) is 144 Å². The van der Waals surface area contributed by atoms with Gasteiger partial charge in [0, 0.05) is 45.4 Å². The molecular formula is C38H53N3O9. The van der Waals surface area contributed by atoms with E-state index < -0.39 is 24.4 Å². The number of methoxy groups -OCH3 is 3. The van der Waals surface area contributed by atoms with E-state index in [4.69, 9.17) is 28.4 Å². The lowest BCUT2D eigenvalue weighted by Crippen LogP contribution is -2.59. The van der Waals surface area contributed by atoms with E-state index in [0.717, 1.165) is 12.8 Å². The highest BCUT2D eigenvalue weighted by Crippen LogP contribution is 2.54. The summed E-state index contributed by atoms with van der Waals surface area (Å²) < 4.78 is 36.2. The van der Waals surface area contributed by atoms with Gasteiger partial charge in [0.25, 0.3) is 5.91 Å². The van der Waals surface area contributed by atoms with Crippen LogP contribution in [0.15, 0.2) is 42.4 Å². The lowest BCUT2D eigenvalue weighted by Gasteiger charge is -2.44. The summed E-state index contributed by atoms with van der Waals surface area (Å²) in [6, 6.07) is 1.16. The standard InChI is InChI=1S/C38H53N3O9/c1-7-23-9-8-10-30(41-37(44)31-13-14-39-19-40-31)20(2)33(43)29-17-27-25(28(29)18-32(42)49-23)12-11-22-15-24(16-26(22)27)50-38-36(47-6)35(46-5)34(45-4)21(3)48-38/h11-14,17,19-28,30,34-36,38H,7-10,15-16,18H2,1-6H3,(H,41,44)/t20-,21+,22-,23+,24-,25-,26-,27-,28+,30?,34+,35?,36-,38+/m1/s1. The number of rotatable bonds is 8. The van der Waals surface area contributed by atoms with E-state index in [-0.39, 0.29) is 89.9 Å². The van der Waals surface area contributed by atoms with E-state index in [0.29, 0.717) is 31.3 Å². The summed E-state index contributed by atoms with van der Waals surface area (Å²) in [5.41, 5.74) is 0.928. The van der Waals surface area contributed by atoms with Crippen LogP contribution in [0, 0.1) is 35.5 Å². The molecule has 1 N–H and O–H groups in total. The lowest BCUT2D eigenvalue weighted by atomic mass is 9.70. The van der Waals surface area contributed by atoms with Crippen molar-refractivity contribution in [3.63, 3.8) is 0 Å². The van der Waals surface area contributed by atoms with Gasteiger partial charge in [0.2, 0.25) is 0 Å². The van der Waals surface area contributed by atoms with Crippen molar-refractivity contribution in [2.24, 2.45) is 35.5 Å². The number of nitrogens with zero attached hydrogens (tertiary/aromatic N) is 2. The number of nitrogens with one attached hydrogen (secondary N) is 1. The Labute approximate surface area is 295 Å². The Kier molecular flexibility index (Phi) is 11.8. The number of ether oxygens (including phenoxy) is 6. The molecule has 12 heteroatoms. The second-order valence-electron chi connectivity index (χ2n) is 14.6. The summed E-state index contributed by atoms with van der Waals surface area (Å²) in [5, 5.41) is 3.10. The molecule has 0 radical (unpaired) electrons. The predicted molar refractivity (Wildman–Crippen MR) is 182 cm³/mol. The first-order valence-electron chi connectivity index (χ1n) is 18.3. The van der Waals surface area contributed by atoms with Crippen molar-refractivity contribution in [3.8, 4) is 0 Å². The maximum atomic E-state index is 14.5. The third-order valence-electron chi connectivity index (χ3n) is 11.9. The number of Topliss-reactive ketones (excluding diaryl/α,β-unsaturated/α-hetero) is 1. The van der Waals surface area contributed by atoms with Gasteiger partial charge in [0.1, 0.15) is 36.4 Å². The highest BCUT2D eigenvalue weighted by molar-refractivity contribution is 6.00. The molecule has 6 rings (SSSR count). The summed E-state index contributed by atoms with van der Waals surface area (Å²) in [4.78, 5) is 49.1. The van der Waals surface area contributed by atoms with Gasteiger partial charge >= 0.3 is 5.97 Å². The number of ketones is 1. The number of fused-ring (bicyclic) bond motifs is 5. The van der Waals surface area contributed by atoms with E-state index in [1.54, 1.807) is 27.4 Å². The van der Waals surface area contributed by atoms with Crippen LogP contribution in [-0.2, 0) is 38.0 Å². The molecule has 2 aliphatic heterocycles. The number of hydrogen-bond donors (Lipinski definition) is 1. The molecule has 12 nitrogen and oxygen atoms in total. The molecule has 3 fully saturated rings. The molecular weight excluding hydrogens is 642 g/mol. The Hall–Kier alpha value is -3.03. The Bertz CT molecular complexity index is 1420. The number of carbonyl (C=O) groups is 3. The number of cyclic esters (lactones) is 1. The maximum absolute atomic E-state index is 14.5. The van der Waals surface area contributed by atoms with Gasteiger partial charge in [-0.15, -0.1) is 0 Å². The zero-order chi connectivity index (χ0) is 35.5. The Morgan fingerprint density at radius 1 is 1.00 bits per heavy atom. The van der Waals surface area contributed by atoms with Gasteiger partial charge in [-0.05, 0) is 80.8 Å². The minimum Gasteiger partial charge on any atom is -0.462 e. The minimum atomic E-state index is -0.619. The minimum absolute atomic E-state index is 0.0104. The van der Waals surface area contributed by atoms with Crippen molar-refractivity contribution >= 4 is 17.7 Å². The normalized spacial score (nSPS) is 40.4. The SMILES string of the molecule is CC[C@H]1CCCC(NC(=O)c2ccncn2)[C@@H](C)C(=O)C2=C[C@@H]3[C@@H](C=C[C@@H]4C[C@@H](O[C@@H]5O[C@@H](C)[C@H](OC)C(OC)[C@H]5OC)C[C@@H]34)[C@@H]2CC(=O)O1. The molecule has 3 heterocycles. The number of hydrogen-bond acceptors (Lipinski definition) is 11. The maximum Gasteiger partial charge on any atom is 0.306 e. The van der Waals surface area contributed by atoms with Crippen molar-refractivity contribution in [2.45, 2.75) is 115 Å². The average Bonchev–Trinajstić information content (AvgIpc) is 3.70. The van der Waals surface area contributed by atoms with Gasteiger partial charge in [-0.25, -0.2) is 9.97 Å². The molecule has 0 bridgehead atoms. The lowest BCUT2D eigenvalue weighted by molar-refractivity contribution is -0.314. The third-order valence-corrected chi connectivity index (χ3v) is 11.9. The van der Waals surface area contributed by atoms with E-state index in [9.17, 15) is 14.4 Å². The van der Waals surface area contributed by atoms with Crippen molar-refractivity contribution in [3.05, 3.63) is 48.1 Å². The first-order valence-corrected chi connectivity index (χ1v) is 18.3. The highest BCUT2D eigenvalue weighted by Gasteiger charge is 2.52. The zero-order valence-corrected chi connectivity index (χ0v) is 30.1. The van der Waals surface area contributed by atoms with Crippen LogP contribution in [0.25, 0.3) is 0 Å². The van der Waals surface area contributed by atoms with Gasteiger partial charge in [0.15, 0.2) is 12.1 Å². The summed E-state index contributed by atoms with van der Waals surface area (Å²) in [7, 11) is 4.92. The average molecular weight is 696 g/mol. The molecule has 50 heavy (non-hydrogen) atoms. The van der Waals surface area contributed by atoms with Crippen LogP contribution in [0.5, 0.6) is 0 Å². The fourth-order valence-corrected chi connectivity index (χ4v) is 9.20. The first kappa shape index (κ1) is 36.8. The third kappa shape index (κ3) is 7.46. The fourth-order valence-electron chi connectivity index (χ4n) is 9.20. The molecule has 0 aromatic carbocycles. The monoisotopic (exact) mass is 695 g/mol. The van der Waals surface area contributed by atoms with E-state index in [2.05, 4.69) is 33.5 Å². The molecule has 1 aromatic rings. The van der Waals surface area contributed by atoms with Crippen LogP contribution in [0.3, 0.4) is 0 Å². The van der Waals surface area contributed by atoms with Crippen LogP contribution < -0.4 is 5.32 Å². The molecule has 0 spiro atoms. The Balaban J connectivity index is 1.23. The number of amides is 1. The van der Waals surface area contributed by atoms with E-state index >= 15 is 0 Å². The van der Waals surface area contributed by atoms with Crippen LogP contribution in [-0.4, -0.2) is 97.9 Å². The molecule has 1 aromatic heterocycles. The first-order chi connectivity index (χ1) is 24.2. The number of aromatic nitrogens is 2. The second-order valence-corrected chi connectivity index (χ2v) is 14.6. The zero-order valence-electron chi connectivity index (χ0n) is 30.1. The van der Waals surface area contributed by atoms with E-state index in [1.165, 1.54) is 12.5 Å². The number of esters is 1. The van der Waals surface area contributed by atoms with Crippen molar-refractivity contribution in [1.29, 1.82) is 0 Å². The van der Waals surface area contributed by atoms with Gasteiger partial charge < -0.3 is 33.7 Å². The number of allylic oxidation sites excluding steroid dienone is 4. The number of carbonyl (C=O) groups excluding carboxylic acids is 3. The molecule has 1 saturated carbocycles. The van der Waals surface area contributed by atoms with Crippen LogP contribution in [0.2, 0.25) is 0 Å². The largest absolute Gasteiger partial charge is 0.462 e. The van der Waals surface area contributed by atoms with E-state index in [1.807, 2.05) is 20.8 Å². The van der Waals surface area contributed by atoms with Crippen LogP contribution >= 0.6 is 0 Å². The Morgan fingerprint density at radius 2 is 1.78 bits per heavy atom. The van der Waals surface area contributed by atoms with Crippen molar-refractivity contribution in [1.82, 2.24) is 15.3 Å². The highest BCUT2D eigenvalue weighted by atomic mass is 16.7. The summed E-state index contributed by atoms with van der Waals surface area (Å²) in [6.45, 7) is 5.86. The fraction of sp³-hybridized carbons (Fsp3) is 0.711. The van der Waals surface area contributed by atoms with Gasteiger partial charge in [-0.1, -0.05) is 32.1 Å². The van der Waals surface area contributed by atoms with Crippen molar-refractivity contribution < 1.29 is 42.8 Å². The van der Waals surface area contributed by atoms with Crippen molar-refractivity contribution in [2.75, 3.05) is 21.3 Å². The van der Waals surface area contributed by atoms with Crippen LogP contribution in [0.4, 0.5) is 0 Å². The summed E-state index contributed by atoms with van der Waals surface area (Å²) >= 11 is 0. The molecule has 5 aliphatic rings. The van der Waals surface area contributed by atoms with Crippen LogP contribution in [0.1, 0.15) is 76.2 Å².